The number of likely N-dealkylation sites (tertiary alicyclic amines) is 2. The first kappa shape index (κ1) is 44.3. The lowest BCUT2D eigenvalue weighted by Gasteiger charge is -2.32. The van der Waals surface area contributed by atoms with Gasteiger partial charge >= 0.3 is 0 Å². The third-order valence-corrected chi connectivity index (χ3v) is 12.1. The first-order valence-electron chi connectivity index (χ1n) is 21.2. The normalized spacial score (nSPS) is 19.2. The smallest absolute Gasteiger partial charge is 0.245 e. The Morgan fingerprint density at radius 3 is 1.40 bits per heavy atom. The maximum Gasteiger partial charge on any atom is 0.245 e. The Kier molecular flexibility index (Phi) is 14.0. The molecule has 2 aliphatic heterocycles. The number of halogens is 2. The molecule has 0 aliphatic carbocycles. The van der Waals surface area contributed by atoms with Gasteiger partial charge in [-0.05, 0) is 102 Å². The average molecular weight is 831 g/mol. The summed E-state index contributed by atoms with van der Waals surface area (Å²) in [5, 5.41) is 11.8. The molecule has 0 radical (unpaired) electrons. The molecule has 2 saturated heterocycles. The van der Waals surface area contributed by atoms with Crippen molar-refractivity contribution < 1.29 is 28.0 Å². The van der Waals surface area contributed by atoms with Crippen LogP contribution in [0.5, 0.6) is 0 Å². The van der Waals surface area contributed by atoms with Gasteiger partial charge in [0.15, 0.2) is 0 Å². The van der Waals surface area contributed by atoms with Crippen LogP contribution in [-0.4, -0.2) is 116 Å². The Morgan fingerprint density at radius 2 is 1.05 bits per heavy atom. The van der Waals surface area contributed by atoms with Crippen molar-refractivity contribution in [2.24, 2.45) is 11.8 Å². The second-order valence-electron chi connectivity index (χ2n) is 16.9. The van der Waals surface area contributed by atoms with Gasteiger partial charge < -0.3 is 40.2 Å². The quantitative estimate of drug-likeness (QED) is 0.130. The number of imidazole rings is 2. The molecule has 2 aromatic heterocycles. The van der Waals surface area contributed by atoms with Gasteiger partial charge in [-0.1, -0.05) is 27.7 Å². The minimum atomic E-state index is -0.706. The second-order valence-corrected chi connectivity index (χ2v) is 16.9. The number of fused-ring (bicyclic) bond motifs is 2. The van der Waals surface area contributed by atoms with Gasteiger partial charge in [0.25, 0.3) is 0 Å². The van der Waals surface area contributed by atoms with E-state index in [0.717, 1.165) is 25.7 Å². The van der Waals surface area contributed by atoms with Crippen molar-refractivity contribution in [3.63, 3.8) is 0 Å². The molecule has 0 spiro atoms. The van der Waals surface area contributed by atoms with Gasteiger partial charge in [-0.2, -0.15) is 0 Å². The lowest BCUT2D eigenvalue weighted by molar-refractivity contribution is -0.139. The molecule has 0 unspecified atom stereocenters. The van der Waals surface area contributed by atoms with Crippen LogP contribution >= 0.6 is 0 Å². The molecule has 6 atom stereocenters. The van der Waals surface area contributed by atoms with E-state index in [-0.39, 0.29) is 47.5 Å². The topological polar surface area (TPSA) is 159 Å². The van der Waals surface area contributed by atoms with Crippen molar-refractivity contribution in [3.8, 4) is 0 Å². The predicted molar refractivity (Wildman–Crippen MR) is 228 cm³/mol. The molecular weight excluding hydrogens is 771 g/mol. The van der Waals surface area contributed by atoms with Gasteiger partial charge in [0.2, 0.25) is 23.6 Å². The molecule has 0 bridgehead atoms. The van der Waals surface area contributed by atoms with E-state index < -0.39 is 35.8 Å². The monoisotopic (exact) mass is 830 g/mol. The number of hydrogen-bond donors (Lipinski definition) is 4. The maximum absolute atomic E-state index is 14.6. The van der Waals surface area contributed by atoms with E-state index in [1.807, 2.05) is 46.6 Å². The van der Waals surface area contributed by atoms with E-state index in [9.17, 15) is 28.0 Å². The van der Waals surface area contributed by atoms with Crippen LogP contribution < -0.4 is 21.3 Å². The number of nitrogens with zero attached hydrogens (tertiary/aromatic N) is 6. The predicted octanol–water partition coefficient (Wildman–Crippen LogP) is 4.31. The number of nitrogens with one attached hydrogen (secondary N) is 4. The van der Waals surface area contributed by atoms with Crippen molar-refractivity contribution in [3.05, 3.63) is 59.7 Å². The van der Waals surface area contributed by atoms with Gasteiger partial charge in [-0.3, -0.25) is 19.2 Å². The summed E-state index contributed by atoms with van der Waals surface area (Å²) in [6.07, 6.45) is 6.64. The molecular formula is C44H60F2N10O4. The Morgan fingerprint density at radius 1 is 0.667 bits per heavy atom. The van der Waals surface area contributed by atoms with Gasteiger partial charge in [0.05, 0.1) is 34.2 Å². The van der Waals surface area contributed by atoms with E-state index in [1.54, 1.807) is 52.2 Å². The van der Waals surface area contributed by atoms with E-state index in [2.05, 4.69) is 21.3 Å². The van der Waals surface area contributed by atoms with Crippen molar-refractivity contribution in [2.75, 3.05) is 27.2 Å². The summed E-state index contributed by atoms with van der Waals surface area (Å²) < 4.78 is 33.1. The summed E-state index contributed by atoms with van der Waals surface area (Å²) in [7, 11) is 3.39. The highest BCUT2D eigenvalue weighted by atomic mass is 19.1. The van der Waals surface area contributed by atoms with Crippen LogP contribution in [0.1, 0.15) is 78.9 Å². The number of carbonyl (C=O) groups is 4. The van der Waals surface area contributed by atoms with Crippen LogP contribution in [0.15, 0.2) is 36.4 Å². The molecule has 2 fully saturated rings. The Balaban J connectivity index is 1.31. The van der Waals surface area contributed by atoms with Crippen LogP contribution in [0.2, 0.25) is 0 Å². The summed E-state index contributed by atoms with van der Waals surface area (Å²) >= 11 is 0. The van der Waals surface area contributed by atoms with E-state index in [4.69, 9.17) is 9.97 Å². The lowest BCUT2D eigenvalue weighted by Crippen LogP contribution is -2.55. The molecule has 0 saturated carbocycles. The van der Waals surface area contributed by atoms with Crippen molar-refractivity contribution in [2.45, 2.75) is 117 Å². The number of likely N-dealkylation sites (N-methyl/N-ethyl adjacent to an activating group) is 2. The molecule has 2 aliphatic rings. The van der Waals surface area contributed by atoms with Crippen molar-refractivity contribution in [1.29, 1.82) is 0 Å². The maximum atomic E-state index is 14.6. The zero-order valence-electron chi connectivity index (χ0n) is 36.0. The standard InChI is InChI=1S/C44H60F2N10O4/c1-25(2)39(51-41(57)27(5)47-7)43(59)53-19-9-11-31(53)23-55-35-15-13-29(45)21-33(35)49-37(55)17-18-38-50-34-22-30(46)14-16-36(34)56(38)24-32-12-10-20-54(32)44(60)40(26(3)4)52-42(58)28(6)48-8/h13-18,21-22,25-28,31-32,39-40,47-48H,9-12,19-20,23-24H2,1-8H3,(H,51,57)(H,52,58)/b18-17+/t27-,28-,31+,32+,39-,40-/m1/s1. The largest absolute Gasteiger partial charge is 0.343 e. The SMILES string of the molecule is CN[C@H](C)C(=O)N[C@@H](C(=O)N1CCC[C@H]1Cn1c(/C=C/c2nc3cc(F)ccc3n2C[C@@H]2CCCN2C(=O)[C@H](NC(=O)[C@@H](C)NC)C(C)C)nc2cc(F)ccc21)C(C)C. The van der Waals surface area contributed by atoms with Crippen LogP contribution in [0, 0.1) is 23.5 Å². The molecule has 16 heteroatoms. The number of aromatic nitrogens is 4. The fourth-order valence-electron chi connectivity index (χ4n) is 8.29. The highest BCUT2D eigenvalue weighted by Gasteiger charge is 2.38. The van der Waals surface area contributed by atoms with Crippen LogP contribution in [-0.2, 0) is 32.3 Å². The molecule has 6 rings (SSSR count). The summed E-state index contributed by atoms with van der Waals surface area (Å²) in [6, 6.07) is 6.13. The van der Waals surface area contributed by atoms with Crippen molar-refractivity contribution >= 4 is 57.8 Å². The molecule has 4 aromatic rings. The minimum Gasteiger partial charge on any atom is -0.343 e. The number of rotatable bonds is 16. The first-order chi connectivity index (χ1) is 28.6. The Hall–Kier alpha value is -5.22. The molecule has 324 valence electrons. The van der Waals surface area contributed by atoms with Gasteiger partial charge in [0, 0.05) is 50.4 Å². The molecule has 4 heterocycles. The third-order valence-electron chi connectivity index (χ3n) is 12.1. The number of hydrogen-bond acceptors (Lipinski definition) is 8. The fraction of sp³-hybridized carbons (Fsp3) is 0.545. The van der Waals surface area contributed by atoms with Crippen LogP contribution in [0.4, 0.5) is 8.78 Å². The summed E-state index contributed by atoms with van der Waals surface area (Å²) in [4.78, 5) is 67.3. The number of benzene rings is 2. The molecule has 4 amide bonds. The third kappa shape index (κ3) is 9.54. The Bertz CT molecular complexity index is 2080. The molecule has 4 N–H and O–H groups in total. The highest BCUT2D eigenvalue weighted by molar-refractivity contribution is 5.91. The number of amides is 4. The minimum absolute atomic E-state index is 0.144. The van der Waals surface area contributed by atoms with Gasteiger partial charge in [0.1, 0.15) is 35.4 Å². The van der Waals surface area contributed by atoms with E-state index in [1.165, 1.54) is 24.3 Å². The zero-order chi connectivity index (χ0) is 43.4. The molecule has 60 heavy (non-hydrogen) atoms. The second kappa shape index (κ2) is 19.0. The Labute approximate surface area is 350 Å². The molecule has 14 nitrogen and oxygen atoms in total. The van der Waals surface area contributed by atoms with E-state index >= 15 is 0 Å². The number of carbonyl (C=O) groups excluding carboxylic acids is 4. The fourth-order valence-corrected chi connectivity index (χ4v) is 8.29. The van der Waals surface area contributed by atoms with E-state index in [0.29, 0.717) is 59.9 Å². The zero-order valence-corrected chi connectivity index (χ0v) is 36.0. The van der Waals surface area contributed by atoms with Crippen molar-refractivity contribution in [1.82, 2.24) is 50.2 Å². The lowest BCUT2D eigenvalue weighted by atomic mass is 10.0. The summed E-state index contributed by atoms with van der Waals surface area (Å²) in [5.74, 6) is -0.912. The van der Waals surface area contributed by atoms with Gasteiger partial charge in [-0.15, -0.1) is 0 Å². The summed E-state index contributed by atoms with van der Waals surface area (Å²) in [5.41, 5.74) is 2.29. The van der Waals surface area contributed by atoms with Gasteiger partial charge in [-0.25, -0.2) is 18.7 Å². The average Bonchev–Trinajstić information content (AvgIpc) is 4.02. The highest BCUT2D eigenvalue weighted by Crippen LogP contribution is 2.29. The van der Waals surface area contributed by atoms with Crippen LogP contribution in [0.25, 0.3) is 34.2 Å². The molecule has 2 aromatic carbocycles. The summed E-state index contributed by atoms with van der Waals surface area (Å²) in [6.45, 7) is 13.0. The van der Waals surface area contributed by atoms with Crippen LogP contribution in [0.3, 0.4) is 0 Å². The first-order valence-corrected chi connectivity index (χ1v) is 21.2.